The van der Waals surface area contributed by atoms with Crippen molar-refractivity contribution in [2.24, 2.45) is 23.5 Å². The van der Waals surface area contributed by atoms with Crippen molar-refractivity contribution in [3.05, 3.63) is 0 Å². The van der Waals surface area contributed by atoms with Crippen LogP contribution in [-0.4, -0.2) is 17.2 Å². The number of hydrogen-bond acceptors (Lipinski definition) is 2. The lowest BCUT2D eigenvalue weighted by Crippen LogP contribution is -2.55. The normalized spacial score (nSPS) is 44.3. The number of ether oxygens (including phenoxy) is 1. The van der Waals surface area contributed by atoms with Gasteiger partial charge in [0, 0.05) is 6.04 Å². The Balaban J connectivity index is 1.72. The van der Waals surface area contributed by atoms with Crippen LogP contribution < -0.4 is 5.73 Å². The van der Waals surface area contributed by atoms with Gasteiger partial charge in [0.1, 0.15) is 0 Å². The van der Waals surface area contributed by atoms with Gasteiger partial charge in [0.25, 0.3) is 0 Å². The minimum absolute atomic E-state index is 0.0557. The molecule has 1 atom stereocenters. The van der Waals surface area contributed by atoms with Crippen LogP contribution in [0, 0.1) is 17.8 Å². The highest BCUT2D eigenvalue weighted by atomic mass is 16.5. The first kappa shape index (κ1) is 12.9. The molecule has 4 fully saturated rings. The highest BCUT2D eigenvalue weighted by Crippen LogP contribution is 2.58. The molecule has 2 heteroatoms. The molecule has 0 heterocycles. The van der Waals surface area contributed by atoms with Gasteiger partial charge in [-0.1, -0.05) is 0 Å². The first-order valence-electron chi connectivity index (χ1n) is 7.82. The Kier molecular flexibility index (Phi) is 3.02. The van der Waals surface area contributed by atoms with E-state index >= 15 is 0 Å². The van der Waals surface area contributed by atoms with E-state index < -0.39 is 0 Å². The Morgan fingerprint density at radius 2 is 1.56 bits per heavy atom. The summed E-state index contributed by atoms with van der Waals surface area (Å²) in [4.78, 5) is 0. The molecule has 4 saturated carbocycles. The van der Waals surface area contributed by atoms with Crippen LogP contribution in [-0.2, 0) is 4.74 Å². The van der Waals surface area contributed by atoms with Gasteiger partial charge < -0.3 is 10.5 Å². The van der Waals surface area contributed by atoms with Crippen LogP contribution in [0.25, 0.3) is 0 Å². The molecule has 2 N–H and O–H groups in total. The fourth-order valence-corrected chi connectivity index (χ4v) is 5.56. The molecule has 104 valence electrons. The van der Waals surface area contributed by atoms with Gasteiger partial charge in [0.05, 0.1) is 11.2 Å². The molecule has 0 saturated heterocycles. The summed E-state index contributed by atoms with van der Waals surface area (Å²) in [5.74, 6) is 2.88. The van der Waals surface area contributed by atoms with E-state index in [1.807, 2.05) is 0 Å². The van der Waals surface area contributed by atoms with Crippen LogP contribution in [0.4, 0.5) is 0 Å². The Morgan fingerprint density at radius 1 is 1.11 bits per heavy atom. The van der Waals surface area contributed by atoms with Gasteiger partial charge in [-0.15, -0.1) is 0 Å². The quantitative estimate of drug-likeness (QED) is 0.830. The van der Waals surface area contributed by atoms with Crippen molar-refractivity contribution in [1.29, 1.82) is 0 Å². The maximum Gasteiger partial charge on any atom is 0.0697 e. The molecule has 4 rings (SSSR count). The molecule has 0 aromatic heterocycles. The maximum atomic E-state index is 6.67. The summed E-state index contributed by atoms with van der Waals surface area (Å²) in [6.07, 6.45) is 9.38. The molecule has 2 nitrogen and oxygen atoms in total. The molecule has 1 unspecified atom stereocenters. The van der Waals surface area contributed by atoms with Gasteiger partial charge in [0.15, 0.2) is 0 Å². The lowest BCUT2D eigenvalue weighted by Gasteiger charge is -2.58. The average molecular weight is 251 g/mol. The van der Waals surface area contributed by atoms with E-state index in [0.717, 1.165) is 24.2 Å². The third kappa shape index (κ3) is 2.46. The van der Waals surface area contributed by atoms with E-state index in [-0.39, 0.29) is 17.2 Å². The van der Waals surface area contributed by atoms with Gasteiger partial charge in [0.2, 0.25) is 0 Å². The number of hydrogen-bond donors (Lipinski definition) is 1. The van der Waals surface area contributed by atoms with Crippen molar-refractivity contribution < 1.29 is 4.74 Å². The molecule has 0 aromatic carbocycles. The van der Waals surface area contributed by atoms with Crippen LogP contribution >= 0.6 is 0 Å². The summed E-state index contributed by atoms with van der Waals surface area (Å²) >= 11 is 0. The van der Waals surface area contributed by atoms with Crippen molar-refractivity contribution in [2.45, 2.75) is 83.0 Å². The number of rotatable bonds is 4. The molecule has 4 aliphatic carbocycles. The van der Waals surface area contributed by atoms with Gasteiger partial charge in [-0.2, -0.15) is 0 Å². The van der Waals surface area contributed by atoms with Crippen LogP contribution in [0.3, 0.4) is 0 Å². The minimum Gasteiger partial charge on any atom is -0.369 e. The minimum atomic E-state index is -0.0557. The summed E-state index contributed by atoms with van der Waals surface area (Å²) in [6.45, 7) is 6.55. The Morgan fingerprint density at radius 3 is 1.94 bits per heavy atom. The van der Waals surface area contributed by atoms with Crippen molar-refractivity contribution in [2.75, 3.05) is 0 Å². The summed E-state index contributed by atoms with van der Waals surface area (Å²) in [6, 6.07) is 0.230. The summed E-state index contributed by atoms with van der Waals surface area (Å²) in [5, 5.41) is 0. The van der Waals surface area contributed by atoms with E-state index in [0.29, 0.717) is 0 Å². The maximum absolute atomic E-state index is 6.67. The van der Waals surface area contributed by atoms with Crippen molar-refractivity contribution >= 4 is 0 Å². The molecular formula is C16H29NO. The summed E-state index contributed by atoms with van der Waals surface area (Å²) in [7, 11) is 0. The molecule has 4 aliphatic rings. The second kappa shape index (κ2) is 4.21. The topological polar surface area (TPSA) is 35.2 Å². The largest absolute Gasteiger partial charge is 0.369 e. The Hall–Kier alpha value is -0.0800. The summed E-state index contributed by atoms with van der Waals surface area (Å²) in [5.41, 5.74) is 6.13. The molecule has 0 amide bonds. The van der Waals surface area contributed by atoms with E-state index in [1.54, 1.807) is 0 Å². The lowest BCUT2D eigenvalue weighted by atomic mass is 9.54. The highest BCUT2D eigenvalue weighted by Gasteiger charge is 2.53. The molecule has 18 heavy (non-hydrogen) atoms. The van der Waals surface area contributed by atoms with Crippen LogP contribution in [0.5, 0.6) is 0 Å². The molecular weight excluding hydrogens is 222 g/mol. The Labute approximate surface area is 112 Å². The molecule has 0 radical (unpaired) electrons. The Bertz CT molecular complexity index is 286. The van der Waals surface area contributed by atoms with Crippen molar-refractivity contribution in [3.63, 3.8) is 0 Å². The molecule has 0 aliphatic heterocycles. The summed E-state index contributed by atoms with van der Waals surface area (Å²) < 4.78 is 6.67. The van der Waals surface area contributed by atoms with Crippen LogP contribution in [0.2, 0.25) is 0 Å². The fourth-order valence-electron chi connectivity index (χ4n) is 5.56. The molecule has 0 aromatic rings. The SMILES string of the molecule is CC(N)CC(C)(C)OC12CC3CC(CC(C3)C1)C2. The zero-order valence-electron chi connectivity index (χ0n) is 12.2. The van der Waals surface area contributed by atoms with E-state index in [1.165, 1.54) is 38.5 Å². The first-order chi connectivity index (χ1) is 8.36. The molecule has 4 bridgehead atoms. The third-order valence-electron chi connectivity index (χ3n) is 5.29. The van der Waals surface area contributed by atoms with E-state index in [9.17, 15) is 0 Å². The third-order valence-corrected chi connectivity index (χ3v) is 5.29. The highest BCUT2D eigenvalue weighted by molar-refractivity contribution is 5.04. The zero-order valence-corrected chi connectivity index (χ0v) is 12.2. The van der Waals surface area contributed by atoms with Crippen molar-refractivity contribution in [3.8, 4) is 0 Å². The first-order valence-corrected chi connectivity index (χ1v) is 7.82. The zero-order chi connectivity index (χ0) is 13.0. The monoisotopic (exact) mass is 251 g/mol. The predicted molar refractivity (Wildman–Crippen MR) is 74.3 cm³/mol. The van der Waals surface area contributed by atoms with E-state index in [2.05, 4.69) is 20.8 Å². The van der Waals surface area contributed by atoms with Gasteiger partial charge >= 0.3 is 0 Å². The lowest BCUT2D eigenvalue weighted by molar-refractivity contribution is -0.217. The van der Waals surface area contributed by atoms with Crippen LogP contribution in [0.1, 0.15) is 65.7 Å². The molecule has 0 spiro atoms. The average Bonchev–Trinajstić information content (AvgIpc) is 2.09. The van der Waals surface area contributed by atoms with Crippen LogP contribution in [0.15, 0.2) is 0 Å². The number of nitrogens with two attached hydrogens (primary N) is 1. The second-order valence-corrected chi connectivity index (χ2v) is 8.14. The standard InChI is InChI=1S/C16H29NO/c1-11(17)7-15(2,3)18-16-8-12-4-13(9-16)6-14(5-12)10-16/h11-14H,4-10,17H2,1-3H3. The van der Waals surface area contributed by atoms with Crippen molar-refractivity contribution in [1.82, 2.24) is 0 Å². The smallest absolute Gasteiger partial charge is 0.0697 e. The fraction of sp³-hybridized carbons (Fsp3) is 1.00. The second-order valence-electron chi connectivity index (χ2n) is 8.14. The van der Waals surface area contributed by atoms with E-state index in [4.69, 9.17) is 10.5 Å². The predicted octanol–water partition coefficient (Wildman–Crippen LogP) is 3.49. The van der Waals surface area contributed by atoms with Gasteiger partial charge in [-0.25, -0.2) is 0 Å². The van der Waals surface area contributed by atoms with Gasteiger partial charge in [-0.05, 0) is 83.5 Å². The van der Waals surface area contributed by atoms with Gasteiger partial charge in [-0.3, -0.25) is 0 Å².